The van der Waals surface area contributed by atoms with Gasteiger partial charge in [0.25, 0.3) is 0 Å². The summed E-state index contributed by atoms with van der Waals surface area (Å²) in [7, 11) is 0. The van der Waals surface area contributed by atoms with Gasteiger partial charge in [-0.3, -0.25) is 9.59 Å². The van der Waals surface area contributed by atoms with Gasteiger partial charge in [0, 0.05) is 6.42 Å². The van der Waals surface area contributed by atoms with Crippen LogP contribution in [0.2, 0.25) is 0 Å². The van der Waals surface area contributed by atoms with Gasteiger partial charge in [-0.2, -0.15) is 0 Å². The number of ether oxygens (including phenoxy) is 1. The Morgan fingerprint density at radius 3 is 1.91 bits per heavy atom. The first kappa shape index (κ1) is 27.7. The van der Waals surface area contributed by atoms with Gasteiger partial charge in [-0.05, 0) is 94.3 Å². The lowest BCUT2D eigenvalue weighted by atomic mass is 9.62. The minimum absolute atomic E-state index is 0.139. The van der Waals surface area contributed by atoms with Crippen molar-refractivity contribution in [2.75, 3.05) is 6.61 Å². The second-order valence-electron chi connectivity index (χ2n) is 12.4. The monoisotopic (exact) mass is 474 g/mol. The van der Waals surface area contributed by atoms with Gasteiger partial charge in [0.2, 0.25) is 0 Å². The summed E-state index contributed by atoms with van der Waals surface area (Å²) in [5, 5.41) is 0. The summed E-state index contributed by atoms with van der Waals surface area (Å²) in [6.45, 7) is 6.67. The molecule has 196 valence electrons. The van der Waals surface area contributed by atoms with Gasteiger partial charge in [-0.1, -0.05) is 71.6 Å². The van der Waals surface area contributed by atoms with Crippen LogP contribution in [0.5, 0.6) is 0 Å². The summed E-state index contributed by atoms with van der Waals surface area (Å²) in [6.07, 6.45) is 24.0. The van der Waals surface area contributed by atoms with E-state index in [1.54, 1.807) is 0 Å². The quantitative estimate of drug-likeness (QED) is 0.161. The number of ketones is 1. The first-order chi connectivity index (χ1) is 16.5. The van der Waals surface area contributed by atoms with E-state index in [0.29, 0.717) is 31.3 Å². The minimum Gasteiger partial charge on any atom is -0.465 e. The highest BCUT2D eigenvalue weighted by Crippen LogP contribution is 2.47. The van der Waals surface area contributed by atoms with Crippen molar-refractivity contribution in [3.8, 4) is 0 Å². The van der Waals surface area contributed by atoms with E-state index in [2.05, 4.69) is 13.8 Å². The molecule has 0 aromatic heterocycles. The Labute approximate surface area is 210 Å². The highest BCUT2D eigenvalue weighted by molar-refractivity contribution is 6.04. The Morgan fingerprint density at radius 2 is 1.32 bits per heavy atom. The summed E-state index contributed by atoms with van der Waals surface area (Å²) in [4.78, 5) is 25.6. The van der Waals surface area contributed by atoms with Crippen molar-refractivity contribution in [2.45, 2.75) is 143 Å². The third kappa shape index (κ3) is 7.57. The van der Waals surface area contributed by atoms with Gasteiger partial charge in [0.1, 0.15) is 11.2 Å². The number of rotatable bonds is 12. The molecule has 0 aromatic carbocycles. The molecule has 3 aliphatic carbocycles. The van der Waals surface area contributed by atoms with E-state index in [-0.39, 0.29) is 11.8 Å². The van der Waals surface area contributed by atoms with Crippen LogP contribution in [0.3, 0.4) is 0 Å². The molecule has 34 heavy (non-hydrogen) atoms. The zero-order chi connectivity index (χ0) is 24.4. The number of esters is 1. The molecule has 0 unspecified atom stereocenters. The smallest absolute Gasteiger partial charge is 0.319 e. The maximum absolute atomic E-state index is 13.0. The van der Waals surface area contributed by atoms with Crippen LogP contribution in [0.25, 0.3) is 0 Å². The molecule has 0 saturated heterocycles. The zero-order valence-electron chi connectivity index (χ0n) is 22.8. The Bertz CT molecular complexity index is 612. The topological polar surface area (TPSA) is 43.4 Å². The lowest BCUT2D eigenvalue weighted by Gasteiger charge is -2.42. The molecule has 3 heteroatoms. The number of Topliss-reactive ketones (excluding diaryl/α,β-unsaturated/α-hetero) is 1. The first-order valence-corrected chi connectivity index (χ1v) is 15.2. The molecule has 0 aliphatic heterocycles. The van der Waals surface area contributed by atoms with Crippen LogP contribution in [0.4, 0.5) is 0 Å². The van der Waals surface area contributed by atoms with Crippen molar-refractivity contribution in [1.29, 1.82) is 0 Å². The van der Waals surface area contributed by atoms with Crippen LogP contribution in [0.1, 0.15) is 143 Å². The molecule has 2 atom stereocenters. The van der Waals surface area contributed by atoms with Crippen LogP contribution >= 0.6 is 0 Å². The van der Waals surface area contributed by atoms with E-state index in [0.717, 1.165) is 37.0 Å². The van der Waals surface area contributed by atoms with E-state index in [4.69, 9.17) is 4.74 Å². The molecule has 3 fully saturated rings. The summed E-state index contributed by atoms with van der Waals surface area (Å²) in [6, 6.07) is 0. The van der Waals surface area contributed by atoms with Gasteiger partial charge in [-0.15, -0.1) is 0 Å². The molecule has 0 bridgehead atoms. The Kier molecular flexibility index (Phi) is 11.4. The molecule has 0 aromatic rings. The summed E-state index contributed by atoms with van der Waals surface area (Å²) in [5.41, 5.74) is -0.893. The van der Waals surface area contributed by atoms with Gasteiger partial charge in [0.15, 0.2) is 0 Å². The fourth-order valence-corrected chi connectivity index (χ4v) is 7.34. The SMILES string of the molecule is CCCCCCCC1CCC(C2CCC([C@@H]3CC[C@](C)(C(=O)OCCCC)C(=O)C3)CC2)CC1. The first-order valence-electron chi connectivity index (χ1n) is 15.2. The predicted octanol–water partition coefficient (Wildman–Crippen LogP) is 8.68. The normalized spacial score (nSPS) is 34.7. The van der Waals surface area contributed by atoms with Crippen LogP contribution < -0.4 is 0 Å². The maximum Gasteiger partial charge on any atom is 0.319 e. The van der Waals surface area contributed by atoms with Crippen LogP contribution in [-0.4, -0.2) is 18.4 Å². The van der Waals surface area contributed by atoms with Crippen LogP contribution in [0, 0.1) is 35.0 Å². The fraction of sp³-hybridized carbons (Fsp3) is 0.935. The van der Waals surface area contributed by atoms with Crippen molar-refractivity contribution in [1.82, 2.24) is 0 Å². The second-order valence-corrected chi connectivity index (χ2v) is 12.4. The number of carbonyl (C=O) groups excluding carboxylic acids is 2. The Morgan fingerprint density at radius 1 is 0.765 bits per heavy atom. The van der Waals surface area contributed by atoms with Crippen LogP contribution in [-0.2, 0) is 14.3 Å². The molecule has 3 nitrogen and oxygen atoms in total. The molecule has 0 spiro atoms. The van der Waals surface area contributed by atoms with Crippen molar-refractivity contribution >= 4 is 11.8 Å². The minimum atomic E-state index is -0.893. The molecule has 0 N–H and O–H groups in total. The predicted molar refractivity (Wildman–Crippen MR) is 141 cm³/mol. The Hall–Kier alpha value is -0.860. The van der Waals surface area contributed by atoms with E-state index in [1.807, 2.05) is 6.92 Å². The zero-order valence-corrected chi connectivity index (χ0v) is 22.8. The molecule has 0 radical (unpaired) electrons. The van der Waals surface area contributed by atoms with Crippen LogP contribution in [0.15, 0.2) is 0 Å². The summed E-state index contributed by atoms with van der Waals surface area (Å²) < 4.78 is 5.44. The number of unbranched alkanes of at least 4 members (excludes halogenated alkanes) is 5. The number of carbonyl (C=O) groups is 2. The second kappa shape index (κ2) is 14.0. The standard InChI is InChI=1S/C31H54O3/c1-4-6-8-9-10-11-24-12-14-25(15-13-24)26-16-18-27(19-17-26)28-20-21-31(3,29(32)23-28)30(33)34-22-7-5-2/h24-28H,4-23H2,1-3H3/t24?,25?,26?,27?,28-,31+/m1/s1. The third-order valence-electron chi connectivity index (χ3n) is 10.0. The van der Waals surface area contributed by atoms with E-state index in [1.165, 1.54) is 89.9 Å². The molecule has 3 aliphatic rings. The fourth-order valence-electron chi connectivity index (χ4n) is 7.34. The van der Waals surface area contributed by atoms with Crippen molar-refractivity contribution in [2.24, 2.45) is 35.0 Å². The lowest BCUT2D eigenvalue weighted by Crippen LogP contribution is -2.44. The molecule has 0 amide bonds. The summed E-state index contributed by atoms with van der Waals surface area (Å²) in [5.74, 6) is 3.95. The Balaban J connectivity index is 1.35. The largest absolute Gasteiger partial charge is 0.465 e. The van der Waals surface area contributed by atoms with Crippen molar-refractivity contribution in [3.05, 3.63) is 0 Å². The molecular formula is C31H54O3. The number of hydrogen-bond donors (Lipinski definition) is 0. The average molecular weight is 475 g/mol. The number of hydrogen-bond acceptors (Lipinski definition) is 3. The van der Waals surface area contributed by atoms with E-state index >= 15 is 0 Å². The highest BCUT2D eigenvalue weighted by atomic mass is 16.5. The maximum atomic E-state index is 13.0. The third-order valence-corrected chi connectivity index (χ3v) is 10.0. The van der Waals surface area contributed by atoms with Crippen molar-refractivity contribution < 1.29 is 14.3 Å². The van der Waals surface area contributed by atoms with Gasteiger partial charge >= 0.3 is 5.97 Å². The molecule has 0 heterocycles. The molecular weight excluding hydrogens is 420 g/mol. The average Bonchev–Trinajstić information content (AvgIpc) is 2.86. The van der Waals surface area contributed by atoms with Gasteiger partial charge in [-0.25, -0.2) is 0 Å². The van der Waals surface area contributed by atoms with Gasteiger partial charge in [0.05, 0.1) is 6.61 Å². The summed E-state index contributed by atoms with van der Waals surface area (Å²) >= 11 is 0. The van der Waals surface area contributed by atoms with Gasteiger partial charge < -0.3 is 4.74 Å². The highest BCUT2D eigenvalue weighted by Gasteiger charge is 2.47. The van der Waals surface area contributed by atoms with Crippen molar-refractivity contribution in [3.63, 3.8) is 0 Å². The lowest BCUT2D eigenvalue weighted by molar-refractivity contribution is -0.162. The molecule has 3 rings (SSSR count). The molecule has 3 saturated carbocycles. The van der Waals surface area contributed by atoms with E-state index < -0.39 is 5.41 Å². The van der Waals surface area contributed by atoms with E-state index in [9.17, 15) is 9.59 Å².